The van der Waals surface area contributed by atoms with E-state index in [1.165, 1.54) is 19.2 Å². The molecule has 2 aromatic carbocycles. The van der Waals surface area contributed by atoms with Gasteiger partial charge >= 0.3 is 0 Å². The van der Waals surface area contributed by atoms with Crippen LogP contribution in [0, 0.1) is 0 Å². The Morgan fingerprint density at radius 3 is 2.62 bits per heavy atom. The van der Waals surface area contributed by atoms with Gasteiger partial charge in [0, 0.05) is 16.7 Å². The fourth-order valence-electron chi connectivity index (χ4n) is 2.41. The largest absolute Gasteiger partial charge is 0.497 e. The fraction of sp³-hybridized carbons (Fsp3) is 0.133. The van der Waals surface area contributed by atoms with Crippen LogP contribution in [0.1, 0.15) is 21.5 Å². The van der Waals surface area contributed by atoms with Crippen LogP contribution in [-0.2, 0) is 5.72 Å². The molecular weight excluding hydrogens is 313 g/mol. The van der Waals surface area contributed by atoms with Gasteiger partial charge in [0.25, 0.3) is 5.91 Å². The Kier molecular flexibility index (Phi) is 3.32. The van der Waals surface area contributed by atoms with Gasteiger partial charge in [-0.3, -0.25) is 4.79 Å². The van der Waals surface area contributed by atoms with Crippen molar-refractivity contribution in [2.75, 3.05) is 7.11 Å². The normalized spacial score (nSPS) is 20.1. The molecule has 21 heavy (non-hydrogen) atoms. The number of carbonyl (C=O) groups is 1. The summed E-state index contributed by atoms with van der Waals surface area (Å²) in [7, 11) is 1.53. The summed E-state index contributed by atoms with van der Waals surface area (Å²) in [6, 6.07) is 9.77. The van der Waals surface area contributed by atoms with Crippen molar-refractivity contribution in [3.05, 3.63) is 63.1 Å². The molecule has 1 aliphatic heterocycles. The van der Waals surface area contributed by atoms with E-state index < -0.39 is 11.6 Å². The van der Waals surface area contributed by atoms with E-state index in [0.717, 1.165) is 0 Å². The van der Waals surface area contributed by atoms with Gasteiger partial charge in [-0.15, -0.1) is 0 Å². The van der Waals surface area contributed by atoms with Crippen LogP contribution >= 0.6 is 23.2 Å². The predicted octanol–water partition coefficient (Wildman–Crippen LogP) is 2.94. The molecule has 0 saturated carbocycles. The molecule has 2 N–H and O–H groups in total. The average molecular weight is 324 g/mol. The smallest absolute Gasteiger partial charge is 0.254 e. The molecule has 108 valence electrons. The Morgan fingerprint density at radius 1 is 1.19 bits per heavy atom. The van der Waals surface area contributed by atoms with Gasteiger partial charge in [-0.1, -0.05) is 35.3 Å². The summed E-state index contributed by atoms with van der Waals surface area (Å²) >= 11 is 11.9. The third kappa shape index (κ3) is 2.16. The van der Waals surface area contributed by atoms with Gasteiger partial charge in [-0.05, 0) is 24.3 Å². The molecule has 0 aliphatic carbocycles. The topological polar surface area (TPSA) is 58.6 Å². The highest BCUT2D eigenvalue weighted by Crippen LogP contribution is 2.39. The summed E-state index contributed by atoms with van der Waals surface area (Å²) in [6.07, 6.45) is 0. The van der Waals surface area contributed by atoms with Gasteiger partial charge in [0.05, 0.1) is 17.2 Å². The van der Waals surface area contributed by atoms with E-state index in [0.29, 0.717) is 22.4 Å². The maximum atomic E-state index is 12.1. The zero-order chi connectivity index (χ0) is 15.2. The quantitative estimate of drug-likeness (QED) is 0.893. The minimum atomic E-state index is -1.66. The molecule has 0 saturated heterocycles. The first-order chi connectivity index (χ1) is 9.95. The second-order valence-electron chi connectivity index (χ2n) is 4.71. The van der Waals surface area contributed by atoms with Crippen molar-refractivity contribution in [3.63, 3.8) is 0 Å². The van der Waals surface area contributed by atoms with E-state index in [9.17, 15) is 9.90 Å². The highest BCUT2D eigenvalue weighted by atomic mass is 35.5. The lowest BCUT2D eigenvalue weighted by Crippen LogP contribution is -2.40. The number of aliphatic hydroxyl groups is 1. The number of benzene rings is 2. The number of rotatable bonds is 2. The molecule has 1 atom stereocenters. The standard InChI is InChI=1S/C15H11Cl2NO3/c1-21-9-4-2-3-8(5-9)15(20)11-7-13(17)12(16)6-10(11)14(19)18-15/h2-7,20H,1H3,(H,18,19). The van der Waals surface area contributed by atoms with E-state index in [1.807, 2.05) is 0 Å². The van der Waals surface area contributed by atoms with Crippen LogP contribution in [-0.4, -0.2) is 18.1 Å². The molecule has 1 amide bonds. The van der Waals surface area contributed by atoms with Gasteiger partial charge in [0.1, 0.15) is 5.75 Å². The monoisotopic (exact) mass is 323 g/mol. The maximum Gasteiger partial charge on any atom is 0.254 e. The molecule has 1 aliphatic rings. The van der Waals surface area contributed by atoms with Crippen LogP contribution in [0.5, 0.6) is 5.75 Å². The number of hydrogen-bond donors (Lipinski definition) is 2. The van der Waals surface area contributed by atoms with Crippen molar-refractivity contribution < 1.29 is 14.6 Å². The Morgan fingerprint density at radius 2 is 1.90 bits per heavy atom. The number of carbonyl (C=O) groups excluding carboxylic acids is 1. The number of methoxy groups -OCH3 is 1. The fourth-order valence-corrected chi connectivity index (χ4v) is 2.74. The third-order valence-electron chi connectivity index (χ3n) is 3.48. The Balaban J connectivity index is 2.20. The van der Waals surface area contributed by atoms with E-state index in [4.69, 9.17) is 27.9 Å². The lowest BCUT2D eigenvalue weighted by atomic mass is 9.94. The summed E-state index contributed by atoms with van der Waals surface area (Å²) in [6.45, 7) is 0. The molecular formula is C15H11Cl2NO3. The highest BCUT2D eigenvalue weighted by Gasteiger charge is 2.43. The summed E-state index contributed by atoms with van der Waals surface area (Å²) in [5, 5.41) is 14.0. The Labute approximate surface area is 131 Å². The van der Waals surface area contributed by atoms with Gasteiger partial charge in [-0.25, -0.2) is 0 Å². The van der Waals surface area contributed by atoms with Gasteiger partial charge in [0.2, 0.25) is 0 Å². The first kappa shape index (κ1) is 14.2. The number of fused-ring (bicyclic) bond motifs is 1. The first-order valence-corrected chi connectivity index (χ1v) is 6.90. The van der Waals surface area contributed by atoms with Crippen molar-refractivity contribution in [1.29, 1.82) is 0 Å². The van der Waals surface area contributed by atoms with Crippen molar-refractivity contribution in [2.24, 2.45) is 0 Å². The van der Waals surface area contributed by atoms with Crippen LogP contribution in [0.15, 0.2) is 36.4 Å². The summed E-state index contributed by atoms with van der Waals surface area (Å²) in [5.41, 5.74) is -0.507. The summed E-state index contributed by atoms with van der Waals surface area (Å²) in [4.78, 5) is 12.1. The second-order valence-corrected chi connectivity index (χ2v) is 5.52. The molecule has 1 unspecified atom stereocenters. The summed E-state index contributed by atoms with van der Waals surface area (Å²) < 4.78 is 5.15. The molecule has 3 rings (SSSR count). The maximum absolute atomic E-state index is 12.1. The predicted molar refractivity (Wildman–Crippen MR) is 79.9 cm³/mol. The Bertz CT molecular complexity index is 748. The minimum absolute atomic E-state index is 0.264. The van der Waals surface area contributed by atoms with Crippen molar-refractivity contribution in [3.8, 4) is 5.75 Å². The highest BCUT2D eigenvalue weighted by molar-refractivity contribution is 6.42. The second kappa shape index (κ2) is 4.91. The number of ether oxygens (including phenoxy) is 1. The number of nitrogens with one attached hydrogen (secondary N) is 1. The molecule has 0 radical (unpaired) electrons. The third-order valence-corrected chi connectivity index (χ3v) is 4.20. The van der Waals surface area contributed by atoms with Crippen molar-refractivity contribution in [1.82, 2.24) is 5.32 Å². The lowest BCUT2D eigenvalue weighted by molar-refractivity contribution is 0.0474. The average Bonchev–Trinajstić information content (AvgIpc) is 2.72. The van der Waals surface area contributed by atoms with E-state index in [-0.39, 0.29) is 10.0 Å². The molecule has 0 spiro atoms. The van der Waals surface area contributed by atoms with Crippen LogP contribution in [0.2, 0.25) is 10.0 Å². The zero-order valence-electron chi connectivity index (χ0n) is 11.0. The van der Waals surface area contributed by atoms with Gasteiger partial charge in [0.15, 0.2) is 5.72 Å². The number of amides is 1. The number of hydrogen-bond acceptors (Lipinski definition) is 3. The first-order valence-electron chi connectivity index (χ1n) is 6.14. The molecule has 0 bridgehead atoms. The van der Waals surface area contributed by atoms with Crippen LogP contribution in [0.4, 0.5) is 0 Å². The summed E-state index contributed by atoms with van der Waals surface area (Å²) in [5.74, 6) is 0.164. The van der Waals surface area contributed by atoms with Crippen LogP contribution in [0.3, 0.4) is 0 Å². The van der Waals surface area contributed by atoms with Crippen LogP contribution < -0.4 is 10.1 Å². The molecule has 6 heteroatoms. The van der Waals surface area contributed by atoms with Crippen molar-refractivity contribution in [2.45, 2.75) is 5.72 Å². The molecule has 0 fully saturated rings. The molecule has 0 aromatic heterocycles. The number of halogens is 2. The van der Waals surface area contributed by atoms with Crippen LogP contribution in [0.25, 0.3) is 0 Å². The van der Waals surface area contributed by atoms with Gasteiger partial charge in [-0.2, -0.15) is 0 Å². The zero-order valence-corrected chi connectivity index (χ0v) is 12.5. The Hall–Kier alpha value is -1.75. The van der Waals surface area contributed by atoms with Crippen molar-refractivity contribution >= 4 is 29.1 Å². The SMILES string of the molecule is COc1cccc(C2(O)NC(=O)c3cc(Cl)c(Cl)cc32)c1. The lowest BCUT2D eigenvalue weighted by Gasteiger charge is -2.25. The molecule has 2 aromatic rings. The molecule has 4 nitrogen and oxygen atoms in total. The van der Waals surface area contributed by atoms with Gasteiger partial charge < -0.3 is 15.2 Å². The molecule has 1 heterocycles. The van der Waals surface area contributed by atoms with E-state index >= 15 is 0 Å². The minimum Gasteiger partial charge on any atom is -0.497 e. The van der Waals surface area contributed by atoms with E-state index in [2.05, 4.69) is 5.32 Å². The van der Waals surface area contributed by atoms with E-state index in [1.54, 1.807) is 24.3 Å².